The molecular formula is C18H21NO3S. The van der Waals surface area contributed by atoms with Crippen LogP contribution in [0, 0.1) is 5.92 Å². The van der Waals surface area contributed by atoms with Crippen molar-refractivity contribution in [3.63, 3.8) is 0 Å². The number of hydrogen-bond donors (Lipinski definition) is 1. The predicted octanol–water partition coefficient (Wildman–Crippen LogP) is 2.31. The topological polar surface area (TPSA) is 57.6 Å². The maximum absolute atomic E-state index is 13.0. The third kappa shape index (κ3) is 2.45. The number of aryl methyl sites for hydroxylation is 1. The number of carbonyl (C=O) groups excluding carboxylic acids is 1. The summed E-state index contributed by atoms with van der Waals surface area (Å²) in [4.78, 5) is 26.0. The summed E-state index contributed by atoms with van der Waals surface area (Å²) in [6, 6.07) is 8.34. The largest absolute Gasteiger partial charge is 0.481 e. The average molecular weight is 331 g/mol. The third-order valence-corrected chi connectivity index (χ3v) is 6.78. The zero-order chi connectivity index (χ0) is 16.0. The first-order chi connectivity index (χ1) is 11.1. The number of nitrogens with zero attached hydrogens (tertiary/aromatic N) is 1. The molecule has 3 atom stereocenters. The van der Waals surface area contributed by atoms with Gasteiger partial charge in [-0.25, -0.2) is 0 Å². The van der Waals surface area contributed by atoms with Crippen molar-refractivity contribution < 1.29 is 14.7 Å². The van der Waals surface area contributed by atoms with Gasteiger partial charge < -0.3 is 10.0 Å². The Labute approximate surface area is 140 Å². The van der Waals surface area contributed by atoms with E-state index >= 15 is 0 Å². The second-order valence-electron chi connectivity index (χ2n) is 6.93. The molecule has 122 valence electrons. The first-order valence-electron chi connectivity index (χ1n) is 8.30. The molecule has 0 bridgehead atoms. The molecule has 0 aromatic heterocycles. The zero-order valence-corrected chi connectivity index (χ0v) is 13.8. The molecule has 1 amide bonds. The van der Waals surface area contributed by atoms with E-state index in [2.05, 4.69) is 24.3 Å². The van der Waals surface area contributed by atoms with Gasteiger partial charge in [-0.1, -0.05) is 24.3 Å². The first-order valence-corrected chi connectivity index (χ1v) is 9.46. The van der Waals surface area contributed by atoms with Crippen LogP contribution in [-0.4, -0.2) is 46.0 Å². The van der Waals surface area contributed by atoms with Crippen LogP contribution in [0.4, 0.5) is 0 Å². The molecule has 2 fully saturated rings. The van der Waals surface area contributed by atoms with Crippen LogP contribution >= 0.6 is 11.8 Å². The summed E-state index contributed by atoms with van der Waals surface area (Å²) in [5.74, 6) is 1.10. The Morgan fingerprint density at radius 1 is 1.35 bits per heavy atom. The summed E-state index contributed by atoms with van der Waals surface area (Å²) < 4.78 is 0. The predicted molar refractivity (Wildman–Crippen MR) is 89.6 cm³/mol. The van der Waals surface area contributed by atoms with Gasteiger partial charge in [0, 0.05) is 29.4 Å². The van der Waals surface area contributed by atoms with Crippen LogP contribution in [0.5, 0.6) is 0 Å². The summed E-state index contributed by atoms with van der Waals surface area (Å²) in [6.45, 7) is 0.690. The highest BCUT2D eigenvalue weighted by Crippen LogP contribution is 2.62. The molecule has 1 heterocycles. The molecule has 1 N–H and O–H groups in total. The third-order valence-electron chi connectivity index (χ3n) is 5.69. The Balaban J connectivity index is 1.53. The molecule has 4 nitrogen and oxygen atoms in total. The maximum Gasteiger partial charge on any atom is 0.305 e. The second-order valence-corrected chi connectivity index (χ2v) is 8.08. The molecule has 3 aliphatic rings. The molecule has 1 saturated heterocycles. The minimum atomic E-state index is -0.813. The highest BCUT2D eigenvalue weighted by Gasteiger charge is 2.62. The Hall–Kier alpha value is -1.49. The van der Waals surface area contributed by atoms with E-state index in [9.17, 15) is 9.59 Å². The van der Waals surface area contributed by atoms with Gasteiger partial charge >= 0.3 is 5.97 Å². The molecule has 1 aromatic carbocycles. The van der Waals surface area contributed by atoms with Crippen molar-refractivity contribution in [1.82, 2.24) is 4.90 Å². The van der Waals surface area contributed by atoms with Crippen LogP contribution in [0.15, 0.2) is 24.3 Å². The van der Waals surface area contributed by atoms with Crippen molar-refractivity contribution in [2.75, 3.05) is 18.1 Å². The van der Waals surface area contributed by atoms with Gasteiger partial charge in [0.2, 0.25) is 5.91 Å². The molecule has 2 aliphatic carbocycles. The lowest BCUT2D eigenvalue weighted by Gasteiger charge is -2.35. The van der Waals surface area contributed by atoms with E-state index < -0.39 is 5.97 Å². The van der Waals surface area contributed by atoms with Gasteiger partial charge in [-0.3, -0.25) is 9.59 Å². The smallest absolute Gasteiger partial charge is 0.305 e. The molecule has 4 rings (SSSR count). The van der Waals surface area contributed by atoms with Crippen LogP contribution in [-0.2, 0) is 21.4 Å². The van der Waals surface area contributed by atoms with Crippen molar-refractivity contribution in [3.05, 3.63) is 35.4 Å². The van der Waals surface area contributed by atoms with Crippen molar-refractivity contribution in [2.24, 2.45) is 5.92 Å². The number of carboxylic acids is 1. The Kier molecular flexibility index (Phi) is 3.63. The van der Waals surface area contributed by atoms with Crippen LogP contribution < -0.4 is 0 Å². The Morgan fingerprint density at radius 2 is 2.17 bits per heavy atom. The molecule has 23 heavy (non-hydrogen) atoms. The van der Waals surface area contributed by atoms with Crippen molar-refractivity contribution >= 4 is 23.6 Å². The number of carboxylic acid groups (broad SMARTS) is 1. The fourth-order valence-electron chi connectivity index (χ4n) is 4.44. The molecule has 1 aromatic rings. The van der Waals surface area contributed by atoms with E-state index in [1.54, 1.807) is 11.8 Å². The summed E-state index contributed by atoms with van der Waals surface area (Å²) in [7, 11) is 0. The molecule has 1 aliphatic heterocycles. The molecular weight excluding hydrogens is 310 g/mol. The lowest BCUT2D eigenvalue weighted by Crippen LogP contribution is -2.48. The lowest BCUT2D eigenvalue weighted by atomic mass is 9.94. The fraction of sp³-hybridized carbons (Fsp3) is 0.556. The second kappa shape index (κ2) is 5.55. The van der Waals surface area contributed by atoms with E-state index in [4.69, 9.17) is 5.11 Å². The minimum Gasteiger partial charge on any atom is -0.481 e. The number of carbonyl (C=O) groups is 2. The first kappa shape index (κ1) is 15.1. The standard InChI is InChI=1S/C18H21NO3S/c20-16(21)9-13-11-23-8-7-19(13)17(22)15-10-18(15)6-5-12-3-1-2-4-14(12)18/h1-4,13,15H,5-11H2,(H,20,21). The summed E-state index contributed by atoms with van der Waals surface area (Å²) >= 11 is 1.75. The Bertz CT molecular complexity index is 661. The van der Waals surface area contributed by atoms with Gasteiger partial charge in [-0.15, -0.1) is 0 Å². The van der Waals surface area contributed by atoms with E-state index in [0.717, 1.165) is 30.8 Å². The monoisotopic (exact) mass is 331 g/mol. The highest BCUT2D eigenvalue weighted by molar-refractivity contribution is 7.99. The molecule has 1 saturated carbocycles. The van der Waals surface area contributed by atoms with Crippen molar-refractivity contribution in [1.29, 1.82) is 0 Å². The maximum atomic E-state index is 13.0. The summed E-state index contributed by atoms with van der Waals surface area (Å²) in [6.07, 6.45) is 3.13. The Morgan fingerprint density at radius 3 is 3.00 bits per heavy atom. The van der Waals surface area contributed by atoms with Gasteiger partial charge in [0.15, 0.2) is 0 Å². The number of aliphatic carboxylic acids is 1. The van der Waals surface area contributed by atoms with E-state index in [1.165, 1.54) is 11.1 Å². The van der Waals surface area contributed by atoms with Gasteiger partial charge in [0.25, 0.3) is 0 Å². The molecule has 5 heteroatoms. The number of fused-ring (bicyclic) bond motifs is 2. The highest BCUT2D eigenvalue weighted by atomic mass is 32.2. The fourth-order valence-corrected chi connectivity index (χ4v) is 5.50. The normalized spacial score (nSPS) is 31.9. The number of thioether (sulfide) groups is 1. The lowest BCUT2D eigenvalue weighted by molar-refractivity contribution is -0.141. The quantitative estimate of drug-likeness (QED) is 0.923. The van der Waals surface area contributed by atoms with Crippen molar-refractivity contribution in [2.45, 2.75) is 37.1 Å². The van der Waals surface area contributed by atoms with E-state index in [-0.39, 0.29) is 29.7 Å². The zero-order valence-electron chi connectivity index (χ0n) is 13.0. The average Bonchev–Trinajstić information content (AvgIpc) is 3.16. The van der Waals surface area contributed by atoms with Gasteiger partial charge in [-0.05, 0) is 30.4 Å². The summed E-state index contributed by atoms with van der Waals surface area (Å²) in [5, 5.41) is 9.11. The summed E-state index contributed by atoms with van der Waals surface area (Å²) in [5.41, 5.74) is 2.80. The van der Waals surface area contributed by atoms with Crippen molar-refractivity contribution in [3.8, 4) is 0 Å². The van der Waals surface area contributed by atoms with Crippen LogP contribution in [0.2, 0.25) is 0 Å². The SMILES string of the molecule is O=C(O)CC1CSCCN1C(=O)C1CC12CCc1ccccc12. The number of rotatable bonds is 3. The van der Waals surface area contributed by atoms with Gasteiger partial charge in [0.1, 0.15) is 0 Å². The molecule has 1 spiro atoms. The van der Waals surface area contributed by atoms with Crippen LogP contribution in [0.1, 0.15) is 30.4 Å². The number of hydrogen-bond acceptors (Lipinski definition) is 3. The van der Waals surface area contributed by atoms with Crippen LogP contribution in [0.25, 0.3) is 0 Å². The minimum absolute atomic E-state index is 0.0477. The number of amides is 1. The molecule has 3 unspecified atom stereocenters. The van der Waals surface area contributed by atoms with Gasteiger partial charge in [-0.2, -0.15) is 11.8 Å². The molecule has 0 radical (unpaired) electrons. The van der Waals surface area contributed by atoms with E-state index in [1.807, 2.05) is 4.90 Å². The van der Waals surface area contributed by atoms with Gasteiger partial charge in [0.05, 0.1) is 12.5 Å². The van der Waals surface area contributed by atoms with E-state index in [0.29, 0.717) is 6.54 Å². The number of benzene rings is 1. The van der Waals surface area contributed by atoms with Crippen LogP contribution in [0.3, 0.4) is 0 Å².